The van der Waals surface area contributed by atoms with Crippen LogP contribution in [0.15, 0.2) is 88.9 Å². The third-order valence-corrected chi connectivity index (χ3v) is 7.09. The minimum atomic E-state index is -4.00. The van der Waals surface area contributed by atoms with Crippen molar-refractivity contribution >= 4 is 39.4 Å². The van der Waals surface area contributed by atoms with Gasteiger partial charge >= 0.3 is 0 Å². The summed E-state index contributed by atoms with van der Waals surface area (Å²) >= 11 is 5.96. The summed E-state index contributed by atoms with van der Waals surface area (Å²) in [4.78, 5) is 12.8. The van der Waals surface area contributed by atoms with Gasteiger partial charge in [0, 0.05) is 10.6 Å². The van der Waals surface area contributed by atoms with Gasteiger partial charge in [0.25, 0.3) is 15.9 Å². The van der Waals surface area contributed by atoms with E-state index in [1.807, 2.05) is 24.3 Å². The van der Waals surface area contributed by atoms with E-state index >= 15 is 0 Å². The van der Waals surface area contributed by atoms with Crippen LogP contribution < -0.4 is 14.5 Å². The number of nitrogens with zero attached hydrogens (tertiary/aromatic N) is 2. The number of sulfonamides is 1. The maximum atomic E-state index is 13.3. The number of amides is 1. The smallest absolute Gasteiger partial charge is 0.264 e. The van der Waals surface area contributed by atoms with Crippen LogP contribution in [0.4, 0.5) is 5.69 Å². The van der Waals surface area contributed by atoms with Gasteiger partial charge in [-0.05, 0) is 55.0 Å². The average Bonchev–Trinajstić information content (AvgIpc) is 2.87. The van der Waals surface area contributed by atoms with Crippen LogP contribution in [0.5, 0.6) is 5.75 Å². The van der Waals surface area contributed by atoms with E-state index in [0.717, 1.165) is 23.6 Å². The maximum absolute atomic E-state index is 13.3. The highest BCUT2D eigenvalue weighted by atomic mass is 35.5. The number of unbranched alkanes of at least 4 members (excludes halogenated alkanes) is 2. The van der Waals surface area contributed by atoms with Gasteiger partial charge in [-0.3, -0.25) is 9.10 Å². The molecular weight excluding hydrogens is 486 g/mol. The van der Waals surface area contributed by atoms with Gasteiger partial charge in [-0.25, -0.2) is 13.8 Å². The van der Waals surface area contributed by atoms with Crippen molar-refractivity contribution < 1.29 is 17.9 Å². The number of nitrogens with one attached hydrogen (secondary N) is 1. The van der Waals surface area contributed by atoms with Gasteiger partial charge in [-0.15, -0.1) is 0 Å². The number of para-hydroxylation sites is 1. The van der Waals surface area contributed by atoms with Crippen LogP contribution in [-0.4, -0.2) is 33.7 Å². The molecule has 0 aliphatic heterocycles. The normalized spacial score (nSPS) is 11.4. The Bertz CT molecular complexity index is 1230. The molecule has 0 aromatic heterocycles. The van der Waals surface area contributed by atoms with E-state index in [1.165, 1.54) is 18.3 Å². The number of carbonyl (C=O) groups is 1. The highest BCUT2D eigenvalue weighted by Gasteiger charge is 2.27. The molecule has 3 aromatic carbocycles. The van der Waals surface area contributed by atoms with Crippen molar-refractivity contribution in [2.45, 2.75) is 31.1 Å². The molecule has 0 saturated heterocycles. The second kappa shape index (κ2) is 12.9. The molecule has 35 heavy (non-hydrogen) atoms. The van der Waals surface area contributed by atoms with E-state index in [9.17, 15) is 13.2 Å². The van der Waals surface area contributed by atoms with Crippen molar-refractivity contribution in [3.8, 4) is 5.75 Å². The molecule has 1 N–H and O–H groups in total. The van der Waals surface area contributed by atoms with Gasteiger partial charge in [0.1, 0.15) is 12.3 Å². The van der Waals surface area contributed by atoms with Crippen LogP contribution in [0.2, 0.25) is 5.02 Å². The Kier molecular flexibility index (Phi) is 9.69. The number of ether oxygens (including phenoxy) is 1. The fourth-order valence-electron chi connectivity index (χ4n) is 3.23. The van der Waals surface area contributed by atoms with Gasteiger partial charge in [0.05, 0.1) is 23.4 Å². The lowest BCUT2D eigenvalue weighted by molar-refractivity contribution is -0.119. The Morgan fingerprint density at radius 2 is 1.69 bits per heavy atom. The first-order chi connectivity index (χ1) is 16.9. The van der Waals surface area contributed by atoms with Crippen molar-refractivity contribution in [3.05, 3.63) is 89.4 Å². The van der Waals surface area contributed by atoms with E-state index in [1.54, 1.807) is 42.5 Å². The third kappa shape index (κ3) is 7.56. The van der Waals surface area contributed by atoms with Gasteiger partial charge in [0.2, 0.25) is 0 Å². The van der Waals surface area contributed by atoms with Crippen molar-refractivity contribution in [1.82, 2.24) is 5.43 Å². The molecule has 0 bridgehead atoms. The van der Waals surface area contributed by atoms with E-state index < -0.39 is 22.5 Å². The topological polar surface area (TPSA) is 88.1 Å². The first-order valence-electron chi connectivity index (χ1n) is 11.3. The van der Waals surface area contributed by atoms with E-state index in [0.29, 0.717) is 28.6 Å². The Morgan fingerprint density at radius 3 is 2.40 bits per heavy atom. The Morgan fingerprint density at radius 1 is 1.00 bits per heavy atom. The lowest BCUT2D eigenvalue weighted by Crippen LogP contribution is -2.39. The number of rotatable bonds is 12. The third-order valence-electron chi connectivity index (χ3n) is 5.05. The molecule has 0 unspecified atom stereocenters. The highest BCUT2D eigenvalue weighted by Crippen LogP contribution is 2.25. The second-order valence-corrected chi connectivity index (χ2v) is 9.99. The highest BCUT2D eigenvalue weighted by molar-refractivity contribution is 7.92. The zero-order chi connectivity index (χ0) is 25.1. The van der Waals surface area contributed by atoms with Gasteiger partial charge in [-0.1, -0.05) is 61.7 Å². The minimum Gasteiger partial charge on any atom is -0.493 e. The quantitative estimate of drug-likeness (QED) is 0.203. The number of hydrogen-bond donors (Lipinski definition) is 1. The SMILES string of the molecule is CCCCCOc1ccccc1/C=N\NC(=O)CN(c1ccc(Cl)cc1)S(=O)(=O)c1ccccc1. The first kappa shape index (κ1) is 26.2. The average molecular weight is 514 g/mol. The second-order valence-electron chi connectivity index (χ2n) is 7.69. The van der Waals surface area contributed by atoms with Crippen LogP contribution in [0.25, 0.3) is 0 Å². The number of hydrazone groups is 1. The predicted octanol–water partition coefficient (Wildman–Crippen LogP) is 5.25. The number of hydrogen-bond acceptors (Lipinski definition) is 5. The number of halogens is 1. The van der Waals surface area contributed by atoms with Crippen molar-refractivity contribution in [2.75, 3.05) is 17.5 Å². The van der Waals surface area contributed by atoms with Crippen LogP contribution >= 0.6 is 11.6 Å². The predicted molar refractivity (Wildman–Crippen MR) is 140 cm³/mol. The largest absolute Gasteiger partial charge is 0.493 e. The van der Waals surface area contributed by atoms with Crippen molar-refractivity contribution in [1.29, 1.82) is 0 Å². The van der Waals surface area contributed by atoms with Gasteiger partial charge in [0.15, 0.2) is 0 Å². The zero-order valence-electron chi connectivity index (χ0n) is 19.4. The Hall–Kier alpha value is -3.36. The van der Waals surface area contributed by atoms with Gasteiger partial charge in [-0.2, -0.15) is 5.10 Å². The van der Waals surface area contributed by atoms with Crippen LogP contribution in [0.3, 0.4) is 0 Å². The molecule has 9 heteroatoms. The molecule has 0 fully saturated rings. The van der Waals surface area contributed by atoms with Crippen molar-refractivity contribution in [2.24, 2.45) is 5.10 Å². The van der Waals surface area contributed by atoms with E-state index in [2.05, 4.69) is 17.5 Å². The summed E-state index contributed by atoms with van der Waals surface area (Å²) in [7, 11) is -4.00. The molecule has 7 nitrogen and oxygen atoms in total. The maximum Gasteiger partial charge on any atom is 0.264 e. The lowest BCUT2D eigenvalue weighted by Gasteiger charge is -2.23. The fourth-order valence-corrected chi connectivity index (χ4v) is 4.80. The number of anilines is 1. The molecule has 0 aliphatic rings. The van der Waals surface area contributed by atoms with E-state index in [-0.39, 0.29) is 4.90 Å². The zero-order valence-corrected chi connectivity index (χ0v) is 21.0. The first-order valence-corrected chi connectivity index (χ1v) is 13.1. The molecule has 0 aliphatic carbocycles. The molecule has 3 rings (SSSR count). The Labute approximate surface area is 211 Å². The molecule has 184 valence electrons. The molecule has 0 saturated carbocycles. The summed E-state index contributed by atoms with van der Waals surface area (Å²) in [5.41, 5.74) is 3.43. The van der Waals surface area contributed by atoms with Crippen LogP contribution in [-0.2, 0) is 14.8 Å². The summed E-state index contributed by atoms with van der Waals surface area (Å²) < 4.78 is 33.4. The molecule has 0 radical (unpaired) electrons. The standard InChI is InChI=1S/C26H28ClN3O4S/c1-2-3-9-18-34-25-13-8-7-10-21(25)19-28-29-26(31)20-30(23-16-14-22(27)15-17-23)35(32,33)24-11-5-4-6-12-24/h4-8,10-17,19H,2-3,9,18,20H2,1H3,(H,29,31)/b28-19-. The minimum absolute atomic E-state index is 0.0698. The van der Waals surface area contributed by atoms with Gasteiger partial charge < -0.3 is 4.74 Å². The summed E-state index contributed by atoms with van der Waals surface area (Å²) in [6, 6.07) is 21.5. The molecule has 1 amide bonds. The number of benzene rings is 3. The van der Waals surface area contributed by atoms with Crippen LogP contribution in [0, 0.1) is 0 Å². The number of carbonyl (C=O) groups excluding carboxylic acids is 1. The van der Waals surface area contributed by atoms with Crippen LogP contribution in [0.1, 0.15) is 31.7 Å². The summed E-state index contributed by atoms with van der Waals surface area (Å²) in [6.45, 7) is 2.26. The molecule has 0 spiro atoms. The Balaban J connectivity index is 1.73. The molecule has 3 aromatic rings. The summed E-state index contributed by atoms with van der Waals surface area (Å²) in [5.74, 6) is 0.0631. The monoisotopic (exact) mass is 513 g/mol. The molecular formula is C26H28ClN3O4S. The molecule has 0 atom stereocenters. The van der Waals surface area contributed by atoms with E-state index in [4.69, 9.17) is 16.3 Å². The summed E-state index contributed by atoms with van der Waals surface area (Å²) in [6.07, 6.45) is 4.62. The summed E-state index contributed by atoms with van der Waals surface area (Å²) in [5, 5.41) is 4.47. The van der Waals surface area contributed by atoms with Crippen molar-refractivity contribution in [3.63, 3.8) is 0 Å². The molecule has 0 heterocycles. The fraction of sp³-hybridized carbons (Fsp3) is 0.231. The lowest BCUT2D eigenvalue weighted by atomic mass is 10.2.